The molecular formula is C32H41NO6. The van der Waals surface area contributed by atoms with E-state index in [2.05, 4.69) is 19.9 Å². The minimum absolute atomic E-state index is 0.0251. The van der Waals surface area contributed by atoms with Crippen molar-refractivity contribution in [1.29, 1.82) is 5.26 Å². The molecule has 4 fully saturated rings. The van der Waals surface area contributed by atoms with E-state index in [4.69, 9.17) is 14.2 Å². The van der Waals surface area contributed by atoms with Crippen LogP contribution in [-0.4, -0.2) is 47.1 Å². The lowest BCUT2D eigenvalue weighted by Gasteiger charge is -2.52. The Bertz CT molecular complexity index is 1260. The predicted octanol–water partition coefficient (Wildman–Crippen LogP) is 4.95. The first kappa shape index (κ1) is 26.9. The van der Waals surface area contributed by atoms with Crippen LogP contribution in [0.1, 0.15) is 80.1 Å². The zero-order chi connectivity index (χ0) is 28.1. The molecule has 5 aliphatic carbocycles. The number of aliphatic hydroxyl groups is 1. The van der Waals surface area contributed by atoms with E-state index in [0.29, 0.717) is 24.3 Å². The largest absolute Gasteiger partial charge is 0.450 e. The Morgan fingerprint density at radius 3 is 2.54 bits per heavy atom. The monoisotopic (exact) mass is 535 g/mol. The second-order valence-corrected chi connectivity index (χ2v) is 13.9. The first-order valence-electron chi connectivity index (χ1n) is 14.6. The molecular weight excluding hydrogens is 494 g/mol. The van der Waals surface area contributed by atoms with Crippen molar-refractivity contribution >= 4 is 11.8 Å². The zero-order valence-electron chi connectivity index (χ0n) is 24.0. The van der Waals surface area contributed by atoms with Crippen LogP contribution in [0.4, 0.5) is 0 Å². The SMILES string of the molecule is CC1=C[C@]23C(=O)[C@@H](C=C4COC(C)(C)O[C@H]4[C@]2(O)[C@H]1OC(=O)C(C#N)=C1CCCCC1)[C@H]1[C@@H](C[C@H]3C)C1(C)C. The van der Waals surface area contributed by atoms with Crippen LogP contribution in [-0.2, 0) is 23.8 Å². The number of fused-ring (bicyclic) bond motifs is 5. The number of ether oxygens (including phenoxy) is 3. The number of nitriles is 1. The van der Waals surface area contributed by atoms with E-state index in [1.807, 2.05) is 26.0 Å². The van der Waals surface area contributed by atoms with Gasteiger partial charge in [-0.05, 0) is 92.8 Å². The van der Waals surface area contributed by atoms with Crippen molar-refractivity contribution in [2.45, 2.75) is 104 Å². The number of carbonyl (C=O) groups is 2. The van der Waals surface area contributed by atoms with E-state index in [1.165, 1.54) is 0 Å². The molecule has 1 aliphatic heterocycles. The first-order chi connectivity index (χ1) is 18.3. The Hall–Kier alpha value is -2.27. The fourth-order valence-electron chi connectivity index (χ4n) is 8.96. The molecule has 39 heavy (non-hydrogen) atoms. The normalized spacial score (nSPS) is 43.3. The molecule has 2 bridgehead atoms. The third kappa shape index (κ3) is 3.57. The number of hydrogen-bond acceptors (Lipinski definition) is 7. The number of allylic oxidation sites excluding steroid dienone is 2. The van der Waals surface area contributed by atoms with Crippen LogP contribution in [0, 0.1) is 45.8 Å². The molecule has 0 aromatic rings. The molecule has 8 atom stereocenters. The van der Waals surface area contributed by atoms with Gasteiger partial charge >= 0.3 is 5.97 Å². The maximum atomic E-state index is 14.8. The molecule has 1 N–H and O–H groups in total. The molecule has 0 unspecified atom stereocenters. The molecule has 0 aromatic heterocycles. The molecule has 0 amide bonds. The van der Waals surface area contributed by atoms with Crippen LogP contribution in [0.5, 0.6) is 0 Å². The lowest BCUT2D eigenvalue weighted by Crippen LogP contribution is -2.68. The minimum atomic E-state index is -1.87. The molecule has 3 saturated carbocycles. The van der Waals surface area contributed by atoms with Crippen molar-refractivity contribution in [3.63, 3.8) is 0 Å². The molecule has 210 valence electrons. The van der Waals surface area contributed by atoms with Crippen molar-refractivity contribution in [3.8, 4) is 6.07 Å². The van der Waals surface area contributed by atoms with Crippen LogP contribution < -0.4 is 0 Å². The second-order valence-electron chi connectivity index (χ2n) is 13.9. The Morgan fingerprint density at radius 2 is 1.87 bits per heavy atom. The molecule has 1 heterocycles. The number of ketones is 1. The number of esters is 1. The standard InChI is InChI=1S/C32H41NO6/c1-17-14-31-18(2)12-23-24(29(23,3)4)21(25(31)34)13-20-16-37-30(5,6)39-27(20)32(31,36)26(17)38-28(35)22(15-33)19-10-8-7-9-11-19/h13-14,18,21,23-24,26-27,36H,7-12,16H2,1-6H3/t18-,21+,23-,24+,26+,27-,31+,32-/m1/s1. The Balaban J connectivity index is 1.49. The summed E-state index contributed by atoms with van der Waals surface area (Å²) in [7, 11) is 0. The van der Waals surface area contributed by atoms with Gasteiger partial charge < -0.3 is 19.3 Å². The van der Waals surface area contributed by atoms with E-state index >= 15 is 0 Å². The van der Waals surface area contributed by atoms with E-state index < -0.39 is 35.0 Å². The summed E-state index contributed by atoms with van der Waals surface area (Å²) < 4.78 is 18.6. The molecule has 0 aromatic carbocycles. The Kier molecular flexibility index (Phi) is 5.95. The average molecular weight is 536 g/mol. The van der Waals surface area contributed by atoms with Crippen molar-refractivity contribution in [1.82, 2.24) is 0 Å². The summed E-state index contributed by atoms with van der Waals surface area (Å²) in [5.41, 5.74) is -0.937. The van der Waals surface area contributed by atoms with Gasteiger partial charge in [0.15, 0.2) is 23.3 Å². The molecule has 0 radical (unpaired) electrons. The van der Waals surface area contributed by atoms with Crippen LogP contribution in [0.25, 0.3) is 0 Å². The Labute approximate surface area is 231 Å². The van der Waals surface area contributed by atoms with Crippen molar-refractivity contribution in [2.75, 3.05) is 6.61 Å². The third-order valence-corrected chi connectivity index (χ3v) is 11.0. The topological polar surface area (TPSA) is 106 Å². The van der Waals surface area contributed by atoms with Crippen LogP contribution in [0.2, 0.25) is 0 Å². The molecule has 7 nitrogen and oxygen atoms in total. The number of hydrogen-bond donors (Lipinski definition) is 1. The Morgan fingerprint density at radius 1 is 1.18 bits per heavy atom. The van der Waals surface area contributed by atoms with Crippen LogP contribution in [0.15, 0.2) is 34.4 Å². The van der Waals surface area contributed by atoms with Gasteiger partial charge in [-0.15, -0.1) is 0 Å². The van der Waals surface area contributed by atoms with Gasteiger partial charge in [-0.1, -0.05) is 39.3 Å². The van der Waals surface area contributed by atoms with Crippen molar-refractivity contribution in [3.05, 3.63) is 34.4 Å². The van der Waals surface area contributed by atoms with E-state index in [9.17, 15) is 20.0 Å². The second kappa shape index (κ2) is 8.61. The molecule has 6 aliphatic rings. The van der Waals surface area contributed by atoms with Crippen LogP contribution >= 0.6 is 0 Å². The highest BCUT2D eigenvalue weighted by Gasteiger charge is 2.77. The highest BCUT2D eigenvalue weighted by Crippen LogP contribution is 2.72. The summed E-state index contributed by atoms with van der Waals surface area (Å²) in [4.78, 5) is 28.4. The van der Waals surface area contributed by atoms with Gasteiger partial charge in [0.25, 0.3) is 0 Å². The van der Waals surface area contributed by atoms with Gasteiger partial charge in [0.05, 0.1) is 12.0 Å². The van der Waals surface area contributed by atoms with Gasteiger partial charge in [-0.25, -0.2) is 4.79 Å². The molecule has 1 spiro atoms. The smallest absolute Gasteiger partial charge is 0.349 e. The fourth-order valence-corrected chi connectivity index (χ4v) is 8.96. The zero-order valence-corrected chi connectivity index (χ0v) is 24.0. The quantitative estimate of drug-likeness (QED) is 0.231. The summed E-state index contributed by atoms with van der Waals surface area (Å²) in [5, 5.41) is 23.0. The maximum Gasteiger partial charge on any atom is 0.349 e. The summed E-state index contributed by atoms with van der Waals surface area (Å²) in [5.74, 6) is -1.81. The summed E-state index contributed by atoms with van der Waals surface area (Å²) >= 11 is 0. The first-order valence-corrected chi connectivity index (χ1v) is 14.6. The molecule has 1 saturated heterocycles. The minimum Gasteiger partial charge on any atom is -0.450 e. The highest BCUT2D eigenvalue weighted by molar-refractivity contribution is 5.97. The number of carbonyl (C=O) groups excluding carboxylic acids is 2. The van der Waals surface area contributed by atoms with Crippen molar-refractivity contribution < 1.29 is 28.9 Å². The summed E-state index contributed by atoms with van der Waals surface area (Å²) in [6.07, 6.45) is 6.98. The summed E-state index contributed by atoms with van der Waals surface area (Å²) in [6, 6.07) is 2.09. The van der Waals surface area contributed by atoms with Gasteiger partial charge in [0, 0.05) is 5.92 Å². The van der Waals surface area contributed by atoms with Gasteiger partial charge in [-0.2, -0.15) is 5.26 Å². The molecule has 6 rings (SSSR count). The molecule has 7 heteroatoms. The van der Waals surface area contributed by atoms with Crippen LogP contribution in [0.3, 0.4) is 0 Å². The average Bonchev–Trinajstić information content (AvgIpc) is 3.37. The van der Waals surface area contributed by atoms with Gasteiger partial charge in [-0.3, -0.25) is 4.79 Å². The maximum absolute atomic E-state index is 14.8. The summed E-state index contributed by atoms with van der Waals surface area (Å²) in [6.45, 7) is 12.1. The predicted molar refractivity (Wildman–Crippen MR) is 143 cm³/mol. The van der Waals surface area contributed by atoms with Gasteiger partial charge in [0.2, 0.25) is 0 Å². The van der Waals surface area contributed by atoms with Crippen molar-refractivity contribution in [2.24, 2.45) is 34.5 Å². The van der Waals surface area contributed by atoms with Gasteiger partial charge in [0.1, 0.15) is 17.7 Å². The number of rotatable bonds is 2. The van der Waals surface area contributed by atoms with E-state index in [-0.39, 0.29) is 41.1 Å². The lowest BCUT2D eigenvalue weighted by molar-refractivity contribution is -0.303. The fraction of sp³-hybridized carbons (Fsp3) is 0.719. The van der Waals surface area contributed by atoms with E-state index in [0.717, 1.165) is 36.8 Å². The van der Waals surface area contributed by atoms with E-state index in [1.54, 1.807) is 13.8 Å². The lowest BCUT2D eigenvalue weighted by atomic mass is 9.59. The number of nitrogens with zero attached hydrogens (tertiary/aromatic N) is 1. The number of Topliss-reactive ketones (excluding diaryl/α,β-unsaturated/α-hetero) is 1. The third-order valence-electron chi connectivity index (χ3n) is 11.0. The highest BCUT2D eigenvalue weighted by atomic mass is 16.7.